The third-order valence-corrected chi connectivity index (χ3v) is 4.00. The van der Waals surface area contributed by atoms with Crippen LogP contribution in [0.5, 0.6) is 0 Å². The minimum Gasteiger partial charge on any atom is -0.481 e. The second-order valence-corrected chi connectivity index (χ2v) is 6.27. The summed E-state index contributed by atoms with van der Waals surface area (Å²) in [7, 11) is 0. The summed E-state index contributed by atoms with van der Waals surface area (Å²) in [6, 6.07) is 3.90. The van der Waals surface area contributed by atoms with Gasteiger partial charge in [-0.25, -0.2) is 4.39 Å². The highest BCUT2D eigenvalue weighted by atomic mass is 19.1. The van der Waals surface area contributed by atoms with Gasteiger partial charge >= 0.3 is 5.97 Å². The number of carboxylic acids is 1. The SMILES string of the molecule is CC(C)(CCNC(=O)C1CC(=O)Nc2cc(F)ccc21)C(=O)O. The standard InChI is InChI=1S/C16H19FN2O4/c1-16(2,15(22)23)5-6-18-14(21)11-8-13(20)19-12-7-9(17)3-4-10(11)12/h3-4,7,11H,5-6,8H2,1-2H3,(H,18,21)(H,19,20)(H,22,23). The molecule has 7 heteroatoms. The number of halogens is 1. The third kappa shape index (κ3) is 3.85. The van der Waals surface area contributed by atoms with Crippen LogP contribution in [0.3, 0.4) is 0 Å². The molecular formula is C16H19FN2O4. The molecule has 1 heterocycles. The van der Waals surface area contributed by atoms with Gasteiger partial charge in [0.1, 0.15) is 5.82 Å². The molecule has 23 heavy (non-hydrogen) atoms. The first-order valence-electron chi connectivity index (χ1n) is 7.31. The summed E-state index contributed by atoms with van der Waals surface area (Å²) in [5.41, 5.74) is -0.0913. The number of rotatable bonds is 5. The molecule has 1 aromatic carbocycles. The van der Waals surface area contributed by atoms with E-state index in [1.807, 2.05) is 0 Å². The van der Waals surface area contributed by atoms with E-state index in [1.54, 1.807) is 13.8 Å². The Kier molecular flexibility index (Phi) is 4.68. The van der Waals surface area contributed by atoms with Crippen LogP contribution in [0.4, 0.5) is 10.1 Å². The third-order valence-electron chi connectivity index (χ3n) is 4.00. The maximum absolute atomic E-state index is 13.3. The number of nitrogens with one attached hydrogen (secondary N) is 2. The number of hydrogen-bond acceptors (Lipinski definition) is 3. The number of carbonyl (C=O) groups excluding carboxylic acids is 2. The highest BCUT2D eigenvalue weighted by Crippen LogP contribution is 2.32. The highest BCUT2D eigenvalue weighted by molar-refractivity contribution is 6.01. The lowest BCUT2D eigenvalue weighted by Gasteiger charge is -2.25. The molecule has 124 valence electrons. The van der Waals surface area contributed by atoms with E-state index in [0.717, 1.165) is 0 Å². The second-order valence-electron chi connectivity index (χ2n) is 6.27. The molecule has 1 aliphatic rings. The Morgan fingerprint density at radius 2 is 2.13 bits per heavy atom. The maximum atomic E-state index is 13.3. The summed E-state index contributed by atoms with van der Waals surface area (Å²) < 4.78 is 13.3. The molecule has 3 N–H and O–H groups in total. The van der Waals surface area contributed by atoms with E-state index in [2.05, 4.69) is 10.6 Å². The molecule has 0 aromatic heterocycles. The number of aliphatic carboxylic acids is 1. The van der Waals surface area contributed by atoms with Crippen molar-refractivity contribution in [2.45, 2.75) is 32.6 Å². The van der Waals surface area contributed by atoms with Crippen LogP contribution >= 0.6 is 0 Å². The van der Waals surface area contributed by atoms with Gasteiger partial charge in [-0.1, -0.05) is 6.07 Å². The minimum atomic E-state index is -0.946. The number of amides is 2. The van der Waals surface area contributed by atoms with Crippen molar-refractivity contribution in [3.63, 3.8) is 0 Å². The zero-order valence-corrected chi connectivity index (χ0v) is 13.0. The normalized spacial score (nSPS) is 17.2. The van der Waals surface area contributed by atoms with Gasteiger partial charge < -0.3 is 15.7 Å². The van der Waals surface area contributed by atoms with E-state index in [9.17, 15) is 18.8 Å². The van der Waals surface area contributed by atoms with Gasteiger partial charge in [0.25, 0.3) is 0 Å². The van der Waals surface area contributed by atoms with Gasteiger partial charge in [-0.3, -0.25) is 14.4 Å². The molecule has 2 rings (SSSR count). The van der Waals surface area contributed by atoms with Crippen LogP contribution in [0.25, 0.3) is 0 Å². The lowest BCUT2D eigenvalue weighted by atomic mass is 9.88. The van der Waals surface area contributed by atoms with Gasteiger partial charge in [0, 0.05) is 18.7 Å². The fourth-order valence-corrected chi connectivity index (χ4v) is 2.40. The summed E-state index contributed by atoms with van der Waals surface area (Å²) in [6.45, 7) is 3.34. The first kappa shape index (κ1) is 16.9. The zero-order valence-electron chi connectivity index (χ0n) is 13.0. The Hall–Kier alpha value is -2.44. The van der Waals surface area contributed by atoms with E-state index >= 15 is 0 Å². The largest absolute Gasteiger partial charge is 0.481 e. The summed E-state index contributed by atoms with van der Waals surface area (Å²) in [5.74, 6) is -2.85. The topological polar surface area (TPSA) is 95.5 Å². The Bertz CT molecular complexity index is 657. The van der Waals surface area contributed by atoms with Crippen LogP contribution in [0.15, 0.2) is 18.2 Å². The molecule has 1 aromatic rings. The van der Waals surface area contributed by atoms with Crippen molar-refractivity contribution in [3.05, 3.63) is 29.6 Å². The van der Waals surface area contributed by atoms with E-state index in [-0.39, 0.29) is 31.2 Å². The number of benzene rings is 1. The first-order valence-corrected chi connectivity index (χ1v) is 7.31. The van der Waals surface area contributed by atoms with Crippen molar-refractivity contribution in [3.8, 4) is 0 Å². The van der Waals surface area contributed by atoms with Gasteiger partial charge in [-0.05, 0) is 38.0 Å². The Morgan fingerprint density at radius 1 is 1.43 bits per heavy atom. The summed E-state index contributed by atoms with van der Waals surface area (Å²) >= 11 is 0. The molecular weight excluding hydrogens is 303 g/mol. The molecule has 2 amide bonds. The molecule has 0 fully saturated rings. The lowest BCUT2D eigenvalue weighted by molar-refractivity contribution is -0.147. The van der Waals surface area contributed by atoms with Crippen LogP contribution in [-0.4, -0.2) is 29.4 Å². The van der Waals surface area contributed by atoms with E-state index < -0.39 is 23.1 Å². The predicted molar refractivity (Wildman–Crippen MR) is 81.4 cm³/mol. The van der Waals surface area contributed by atoms with Gasteiger partial charge in [-0.2, -0.15) is 0 Å². The van der Waals surface area contributed by atoms with Crippen LogP contribution in [0.2, 0.25) is 0 Å². The average molecular weight is 322 g/mol. The van der Waals surface area contributed by atoms with Crippen molar-refractivity contribution >= 4 is 23.5 Å². The van der Waals surface area contributed by atoms with Crippen LogP contribution in [0.1, 0.15) is 38.2 Å². The van der Waals surface area contributed by atoms with E-state index in [4.69, 9.17) is 5.11 Å². The molecule has 6 nitrogen and oxygen atoms in total. The lowest BCUT2D eigenvalue weighted by Crippen LogP contribution is -2.37. The van der Waals surface area contributed by atoms with Gasteiger partial charge in [0.15, 0.2) is 0 Å². The van der Waals surface area contributed by atoms with Crippen molar-refractivity contribution in [1.82, 2.24) is 5.32 Å². The Labute approximate surface area is 133 Å². The van der Waals surface area contributed by atoms with Crippen LogP contribution < -0.4 is 10.6 Å². The fourth-order valence-electron chi connectivity index (χ4n) is 2.40. The minimum absolute atomic E-state index is 0.0210. The fraction of sp³-hybridized carbons (Fsp3) is 0.438. The summed E-state index contributed by atoms with van der Waals surface area (Å²) in [5, 5.41) is 14.3. The molecule has 0 bridgehead atoms. The number of carbonyl (C=O) groups is 3. The second kappa shape index (κ2) is 6.36. The smallest absolute Gasteiger partial charge is 0.309 e. The van der Waals surface area contributed by atoms with Gasteiger partial charge in [-0.15, -0.1) is 0 Å². The van der Waals surface area contributed by atoms with Gasteiger partial charge in [0.2, 0.25) is 11.8 Å². The molecule has 0 saturated carbocycles. The average Bonchev–Trinajstić information content (AvgIpc) is 2.45. The quantitative estimate of drug-likeness (QED) is 0.771. The molecule has 1 atom stereocenters. The van der Waals surface area contributed by atoms with Crippen molar-refractivity contribution in [2.24, 2.45) is 5.41 Å². The molecule has 0 saturated heterocycles. The van der Waals surface area contributed by atoms with Crippen molar-refractivity contribution in [1.29, 1.82) is 0 Å². The van der Waals surface area contributed by atoms with Crippen LogP contribution in [0, 0.1) is 11.2 Å². The van der Waals surface area contributed by atoms with E-state index in [0.29, 0.717) is 11.3 Å². The number of carboxylic acid groups (broad SMARTS) is 1. The maximum Gasteiger partial charge on any atom is 0.309 e. The highest BCUT2D eigenvalue weighted by Gasteiger charge is 2.32. The summed E-state index contributed by atoms with van der Waals surface area (Å²) in [4.78, 5) is 35.0. The Morgan fingerprint density at radius 3 is 2.78 bits per heavy atom. The van der Waals surface area contributed by atoms with Crippen LogP contribution in [-0.2, 0) is 14.4 Å². The molecule has 0 radical (unpaired) electrons. The molecule has 1 unspecified atom stereocenters. The molecule has 1 aliphatic heterocycles. The summed E-state index contributed by atoms with van der Waals surface area (Å²) in [6.07, 6.45) is 0.246. The zero-order chi connectivity index (χ0) is 17.2. The number of fused-ring (bicyclic) bond motifs is 1. The van der Waals surface area contributed by atoms with Crippen molar-refractivity contribution < 1.29 is 23.9 Å². The number of anilines is 1. The molecule has 0 aliphatic carbocycles. The predicted octanol–water partition coefficient (Wildman–Crippen LogP) is 1.87. The monoisotopic (exact) mass is 322 g/mol. The van der Waals surface area contributed by atoms with E-state index in [1.165, 1.54) is 18.2 Å². The van der Waals surface area contributed by atoms with Gasteiger partial charge in [0.05, 0.1) is 11.3 Å². The first-order chi connectivity index (χ1) is 10.7. The Balaban J connectivity index is 2.06. The molecule has 0 spiro atoms. The number of hydrogen-bond donors (Lipinski definition) is 3. The van der Waals surface area contributed by atoms with Crippen molar-refractivity contribution in [2.75, 3.05) is 11.9 Å².